The first-order chi connectivity index (χ1) is 10.7. The Morgan fingerprint density at radius 1 is 1.23 bits per heavy atom. The molecule has 0 saturated heterocycles. The number of aromatic nitrogens is 1. The van der Waals surface area contributed by atoms with Gasteiger partial charge >= 0.3 is 0 Å². The van der Waals surface area contributed by atoms with Crippen molar-refractivity contribution >= 4 is 11.3 Å². The van der Waals surface area contributed by atoms with E-state index in [1.54, 1.807) is 29.7 Å². The first-order valence-corrected chi connectivity index (χ1v) is 7.99. The lowest BCUT2D eigenvalue weighted by atomic mass is 10.1. The van der Waals surface area contributed by atoms with E-state index < -0.39 is 0 Å². The molecule has 22 heavy (non-hydrogen) atoms. The number of nitrogens with one attached hydrogen (secondary N) is 1. The molecule has 0 aliphatic carbocycles. The van der Waals surface area contributed by atoms with Crippen LogP contribution in [0, 0.1) is 12.7 Å². The van der Waals surface area contributed by atoms with Crippen LogP contribution >= 0.6 is 11.3 Å². The quantitative estimate of drug-likeness (QED) is 0.693. The lowest BCUT2D eigenvalue weighted by molar-refractivity contribution is 0.484. The Hall–Kier alpha value is -1.98. The zero-order valence-corrected chi connectivity index (χ0v) is 13.1. The van der Waals surface area contributed by atoms with Crippen LogP contribution in [0.15, 0.2) is 47.1 Å². The zero-order chi connectivity index (χ0) is 15.4. The monoisotopic (exact) mass is 316 g/mol. The summed E-state index contributed by atoms with van der Waals surface area (Å²) in [5.41, 5.74) is 1.91. The van der Waals surface area contributed by atoms with Gasteiger partial charge in [-0.15, -0.1) is 11.3 Å². The summed E-state index contributed by atoms with van der Waals surface area (Å²) in [6.07, 6.45) is 2.55. The average Bonchev–Trinajstić information content (AvgIpc) is 3.14. The van der Waals surface area contributed by atoms with Crippen molar-refractivity contribution in [2.24, 2.45) is 0 Å². The summed E-state index contributed by atoms with van der Waals surface area (Å²) in [6, 6.07) is 10.3. The van der Waals surface area contributed by atoms with Crippen molar-refractivity contribution in [3.8, 4) is 11.3 Å². The van der Waals surface area contributed by atoms with Gasteiger partial charge in [0.15, 0.2) is 0 Å². The highest BCUT2D eigenvalue weighted by Gasteiger charge is 2.09. The normalized spacial score (nSPS) is 11.0. The number of aryl methyl sites for hydroxylation is 1. The van der Waals surface area contributed by atoms with E-state index >= 15 is 0 Å². The van der Waals surface area contributed by atoms with Gasteiger partial charge < -0.3 is 9.73 Å². The molecule has 3 rings (SSSR count). The van der Waals surface area contributed by atoms with Crippen LogP contribution in [0.1, 0.15) is 15.6 Å². The molecule has 0 radical (unpaired) electrons. The molecule has 0 amide bonds. The van der Waals surface area contributed by atoms with Gasteiger partial charge in [0.2, 0.25) is 0 Å². The van der Waals surface area contributed by atoms with Crippen LogP contribution in [-0.4, -0.2) is 11.5 Å². The van der Waals surface area contributed by atoms with Crippen LogP contribution in [0.2, 0.25) is 0 Å². The Morgan fingerprint density at radius 3 is 2.77 bits per heavy atom. The Morgan fingerprint density at radius 2 is 2.05 bits per heavy atom. The standard InChI is InChI=1S/C17H17FN2OS/c1-12-17(13-4-6-14(18)7-5-13)20-16(22-12)8-9-19-11-15-3-2-10-21-15/h2-7,10,19H,8-9,11H2,1H3. The number of benzene rings is 1. The van der Waals surface area contributed by atoms with Gasteiger partial charge in [-0.3, -0.25) is 0 Å². The Labute approximate surface area is 132 Å². The van der Waals surface area contributed by atoms with Crippen LogP contribution < -0.4 is 5.32 Å². The van der Waals surface area contributed by atoms with Gasteiger partial charge in [-0.1, -0.05) is 0 Å². The molecule has 0 unspecified atom stereocenters. The number of hydrogen-bond acceptors (Lipinski definition) is 4. The minimum absolute atomic E-state index is 0.223. The van der Waals surface area contributed by atoms with Crippen LogP contribution in [0.5, 0.6) is 0 Å². The van der Waals surface area contributed by atoms with Crippen LogP contribution in [0.4, 0.5) is 4.39 Å². The molecule has 114 valence electrons. The van der Waals surface area contributed by atoms with Gasteiger partial charge in [0.1, 0.15) is 11.6 Å². The summed E-state index contributed by atoms with van der Waals surface area (Å²) >= 11 is 1.69. The van der Waals surface area contributed by atoms with E-state index in [0.717, 1.165) is 46.4 Å². The second-order valence-electron chi connectivity index (χ2n) is 5.03. The number of rotatable bonds is 6. The zero-order valence-electron chi connectivity index (χ0n) is 12.3. The number of halogens is 1. The van der Waals surface area contributed by atoms with Crippen molar-refractivity contribution in [3.05, 3.63) is 64.1 Å². The van der Waals surface area contributed by atoms with Crippen molar-refractivity contribution in [2.45, 2.75) is 19.9 Å². The highest BCUT2D eigenvalue weighted by Crippen LogP contribution is 2.27. The Bertz CT molecular complexity index is 720. The highest BCUT2D eigenvalue weighted by atomic mass is 32.1. The summed E-state index contributed by atoms with van der Waals surface area (Å²) in [4.78, 5) is 5.84. The first kappa shape index (κ1) is 14.9. The third-order valence-corrected chi connectivity index (χ3v) is 4.38. The van der Waals surface area contributed by atoms with Crippen molar-refractivity contribution in [3.63, 3.8) is 0 Å². The molecule has 0 spiro atoms. The van der Waals surface area contributed by atoms with E-state index in [0.29, 0.717) is 0 Å². The smallest absolute Gasteiger partial charge is 0.123 e. The second kappa shape index (κ2) is 6.85. The Kier molecular flexibility index (Phi) is 4.65. The topological polar surface area (TPSA) is 38.1 Å². The average molecular weight is 316 g/mol. The summed E-state index contributed by atoms with van der Waals surface area (Å²) in [5, 5.41) is 4.42. The predicted molar refractivity (Wildman–Crippen MR) is 86.4 cm³/mol. The summed E-state index contributed by atoms with van der Waals surface area (Å²) in [5.74, 6) is 0.710. The summed E-state index contributed by atoms with van der Waals surface area (Å²) < 4.78 is 18.3. The molecule has 0 saturated carbocycles. The first-order valence-electron chi connectivity index (χ1n) is 7.18. The van der Waals surface area contributed by atoms with Crippen molar-refractivity contribution in [2.75, 3.05) is 6.54 Å². The van der Waals surface area contributed by atoms with E-state index in [4.69, 9.17) is 4.42 Å². The molecule has 5 heteroatoms. The van der Waals surface area contributed by atoms with Gasteiger partial charge in [-0.05, 0) is 43.3 Å². The summed E-state index contributed by atoms with van der Waals surface area (Å²) in [7, 11) is 0. The fraction of sp³-hybridized carbons (Fsp3) is 0.235. The molecule has 0 aliphatic heterocycles. The van der Waals surface area contributed by atoms with Crippen LogP contribution in [0.3, 0.4) is 0 Å². The number of thiazole rings is 1. The molecular weight excluding hydrogens is 299 g/mol. The highest BCUT2D eigenvalue weighted by molar-refractivity contribution is 7.12. The minimum atomic E-state index is -0.223. The fourth-order valence-corrected chi connectivity index (χ4v) is 3.21. The van der Waals surface area contributed by atoms with Crippen molar-refractivity contribution in [1.29, 1.82) is 0 Å². The van der Waals surface area contributed by atoms with Crippen LogP contribution in [-0.2, 0) is 13.0 Å². The molecule has 1 N–H and O–H groups in total. The molecule has 0 bridgehead atoms. The van der Waals surface area contributed by atoms with Gasteiger partial charge in [-0.25, -0.2) is 9.37 Å². The lowest BCUT2D eigenvalue weighted by Gasteiger charge is -2.00. The summed E-state index contributed by atoms with van der Waals surface area (Å²) in [6.45, 7) is 3.62. The van der Waals surface area contributed by atoms with Gasteiger partial charge in [0, 0.05) is 23.4 Å². The number of nitrogens with zero attached hydrogens (tertiary/aromatic N) is 1. The van der Waals surface area contributed by atoms with E-state index in [9.17, 15) is 4.39 Å². The van der Waals surface area contributed by atoms with Crippen molar-refractivity contribution in [1.82, 2.24) is 10.3 Å². The third kappa shape index (κ3) is 3.61. The molecule has 1 aromatic carbocycles. The number of hydrogen-bond donors (Lipinski definition) is 1. The molecule has 0 atom stereocenters. The molecule has 2 aromatic heterocycles. The molecule has 3 aromatic rings. The second-order valence-corrected chi connectivity index (χ2v) is 6.31. The molecule has 3 nitrogen and oxygen atoms in total. The third-order valence-electron chi connectivity index (χ3n) is 3.35. The van der Waals surface area contributed by atoms with E-state index in [2.05, 4.69) is 17.2 Å². The SMILES string of the molecule is Cc1sc(CCNCc2ccco2)nc1-c1ccc(F)cc1. The Balaban J connectivity index is 1.58. The van der Waals surface area contributed by atoms with Gasteiger partial charge in [-0.2, -0.15) is 0 Å². The van der Waals surface area contributed by atoms with E-state index in [1.165, 1.54) is 12.1 Å². The van der Waals surface area contributed by atoms with Gasteiger partial charge in [0.25, 0.3) is 0 Å². The van der Waals surface area contributed by atoms with E-state index in [1.807, 2.05) is 12.1 Å². The number of furan rings is 1. The molecular formula is C17H17FN2OS. The lowest BCUT2D eigenvalue weighted by Crippen LogP contribution is -2.16. The largest absolute Gasteiger partial charge is 0.468 e. The molecule has 0 aliphatic rings. The van der Waals surface area contributed by atoms with Gasteiger partial charge in [0.05, 0.1) is 23.5 Å². The fourth-order valence-electron chi connectivity index (χ4n) is 2.25. The minimum Gasteiger partial charge on any atom is -0.468 e. The predicted octanol–water partition coefficient (Wildman–Crippen LogP) is 4.18. The molecule has 0 fully saturated rings. The maximum atomic E-state index is 13.0. The van der Waals surface area contributed by atoms with E-state index in [-0.39, 0.29) is 5.82 Å². The molecule has 2 heterocycles. The maximum absolute atomic E-state index is 13.0. The van der Waals surface area contributed by atoms with Crippen LogP contribution in [0.25, 0.3) is 11.3 Å². The maximum Gasteiger partial charge on any atom is 0.123 e. The van der Waals surface area contributed by atoms with Crippen molar-refractivity contribution < 1.29 is 8.81 Å².